The van der Waals surface area contributed by atoms with Gasteiger partial charge in [-0.2, -0.15) is 0 Å². The summed E-state index contributed by atoms with van der Waals surface area (Å²) in [5.41, 5.74) is -0.0721. The number of halogens is 3. The van der Waals surface area contributed by atoms with E-state index >= 15 is 0 Å². The summed E-state index contributed by atoms with van der Waals surface area (Å²) in [6.45, 7) is 3.72. The van der Waals surface area contributed by atoms with Crippen LogP contribution in [-0.4, -0.2) is 42.1 Å². The van der Waals surface area contributed by atoms with Gasteiger partial charge in [0.25, 0.3) is 5.91 Å². The van der Waals surface area contributed by atoms with E-state index in [0.717, 1.165) is 26.1 Å². The number of nitrogens with zero attached hydrogens (tertiary/aromatic N) is 1. The molecule has 122 valence electrons. The van der Waals surface area contributed by atoms with Gasteiger partial charge >= 0.3 is 0 Å². The van der Waals surface area contributed by atoms with Crippen molar-refractivity contribution in [1.82, 2.24) is 10.2 Å². The second kappa shape index (κ2) is 8.25. The number of likely N-dealkylation sites (tertiary alicyclic amines) is 1. The van der Waals surface area contributed by atoms with E-state index in [1.165, 1.54) is 25.3 Å². The molecule has 1 saturated heterocycles. The lowest BCUT2D eigenvalue weighted by atomic mass is 10.1. The molecule has 0 atom stereocenters. The molecule has 22 heavy (non-hydrogen) atoms. The van der Waals surface area contributed by atoms with Crippen LogP contribution < -0.4 is 5.32 Å². The van der Waals surface area contributed by atoms with Gasteiger partial charge in [-0.15, -0.1) is 0 Å². The summed E-state index contributed by atoms with van der Waals surface area (Å²) in [6.07, 6.45) is 4.65. The molecule has 0 bridgehead atoms. The van der Waals surface area contributed by atoms with E-state index in [2.05, 4.69) is 10.2 Å². The fraction of sp³-hybridized carbons (Fsp3) is 0.533. The Kier molecular flexibility index (Phi) is 6.63. The largest absolute Gasteiger partial charge is 0.505 e. The second-order valence-corrected chi connectivity index (χ2v) is 6.58. The van der Waals surface area contributed by atoms with E-state index in [1.54, 1.807) is 0 Å². The minimum atomic E-state index is -0.467. The smallest absolute Gasteiger partial charge is 0.256 e. The molecule has 0 spiro atoms. The highest BCUT2D eigenvalue weighted by molar-refractivity contribution is 6.45. The number of hydrogen-bond donors (Lipinski definition) is 2. The molecule has 1 heterocycles. The van der Waals surface area contributed by atoms with Crippen molar-refractivity contribution in [1.29, 1.82) is 0 Å². The summed E-state index contributed by atoms with van der Waals surface area (Å²) < 4.78 is 0. The summed E-state index contributed by atoms with van der Waals surface area (Å²) in [4.78, 5) is 14.6. The first-order valence-corrected chi connectivity index (χ1v) is 8.51. The third-order valence-electron chi connectivity index (χ3n) is 3.76. The van der Waals surface area contributed by atoms with E-state index in [1.807, 2.05) is 0 Å². The van der Waals surface area contributed by atoms with Crippen molar-refractivity contribution in [2.75, 3.05) is 26.2 Å². The molecule has 4 nitrogen and oxygen atoms in total. The summed E-state index contributed by atoms with van der Waals surface area (Å²) in [5.74, 6) is -0.810. The monoisotopic (exact) mass is 364 g/mol. The van der Waals surface area contributed by atoms with Crippen LogP contribution in [0.2, 0.25) is 15.1 Å². The predicted octanol–water partition coefficient (Wildman–Crippen LogP) is 3.96. The highest BCUT2D eigenvalue weighted by atomic mass is 35.5. The average molecular weight is 366 g/mol. The topological polar surface area (TPSA) is 52.6 Å². The lowest BCUT2D eigenvalue weighted by Crippen LogP contribution is -2.33. The molecule has 1 fully saturated rings. The van der Waals surface area contributed by atoms with Crippen LogP contribution in [0.3, 0.4) is 0 Å². The Hall–Kier alpha value is -0.680. The Morgan fingerprint density at radius 2 is 1.86 bits per heavy atom. The number of amides is 1. The van der Waals surface area contributed by atoms with Gasteiger partial charge in [-0.05, 0) is 45.0 Å². The van der Waals surface area contributed by atoms with Crippen LogP contribution in [0.4, 0.5) is 0 Å². The van der Waals surface area contributed by atoms with E-state index in [-0.39, 0.29) is 26.4 Å². The minimum Gasteiger partial charge on any atom is -0.505 e. The van der Waals surface area contributed by atoms with E-state index in [9.17, 15) is 9.90 Å². The Balaban J connectivity index is 1.87. The molecular formula is C15H19Cl3N2O2. The molecule has 1 aliphatic heterocycles. The van der Waals surface area contributed by atoms with Gasteiger partial charge in [-0.25, -0.2) is 0 Å². The molecule has 2 N–H and O–H groups in total. The van der Waals surface area contributed by atoms with Gasteiger partial charge in [0.15, 0.2) is 0 Å². The van der Waals surface area contributed by atoms with Crippen molar-refractivity contribution in [2.24, 2.45) is 0 Å². The maximum absolute atomic E-state index is 12.2. The molecule has 0 aromatic heterocycles. The van der Waals surface area contributed by atoms with Crippen LogP contribution in [0.25, 0.3) is 0 Å². The van der Waals surface area contributed by atoms with Crippen molar-refractivity contribution in [3.8, 4) is 5.75 Å². The Labute approximate surface area is 145 Å². The van der Waals surface area contributed by atoms with Gasteiger partial charge < -0.3 is 15.3 Å². The summed E-state index contributed by atoms with van der Waals surface area (Å²) in [6, 6.07) is 1.31. The fourth-order valence-corrected chi connectivity index (χ4v) is 3.26. The van der Waals surface area contributed by atoms with E-state index in [0.29, 0.717) is 6.54 Å². The molecule has 7 heteroatoms. The van der Waals surface area contributed by atoms with Gasteiger partial charge in [-0.3, -0.25) is 4.79 Å². The molecule has 1 aliphatic rings. The van der Waals surface area contributed by atoms with Gasteiger partial charge in [0.05, 0.1) is 15.1 Å². The fourth-order valence-electron chi connectivity index (χ4n) is 2.57. The maximum Gasteiger partial charge on any atom is 0.256 e. The Morgan fingerprint density at radius 1 is 1.18 bits per heavy atom. The number of aromatic hydroxyl groups is 1. The standard InChI is InChI=1S/C15H19Cl3N2O2/c16-10-9-11(17)14(21)12(13(10)18)15(22)19-5-4-8-20-6-2-1-3-7-20/h9,21H,1-8H2,(H,19,22). The Bertz CT molecular complexity index is 520. The SMILES string of the molecule is O=C(NCCCN1CCCCC1)c1c(O)c(Cl)cc(Cl)c1Cl. The van der Waals surface area contributed by atoms with Crippen LogP contribution in [0.5, 0.6) is 5.75 Å². The second-order valence-electron chi connectivity index (χ2n) is 5.39. The Morgan fingerprint density at radius 3 is 2.55 bits per heavy atom. The number of phenolic OH excluding ortho intramolecular Hbond substituents is 1. The number of hydrogen-bond acceptors (Lipinski definition) is 3. The highest BCUT2D eigenvalue weighted by Crippen LogP contribution is 2.38. The third kappa shape index (κ3) is 4.42. The van der Waals surface area contributed by atoms with E-state index in [4.69, 9.17) is 34.8 Å². The number of piperidine rings is 1. The molecule has 0 unspecified atom stereocenters. The van der Waals surface area contributed by atoms with Crippen molar-refractivity contribution >= 4 is 40.7 Å². The van der Waals surface area contributed by atoms with Crippen molar-refractivity contribution < 1.29 is 9.90 Å². The van der Waals surface area contributed by atoms with Crippen molar-refractivity contribution in [3.63, 3.8) is 0 Å². The summed E-state index contributed by atoms with van der Waals surface area (Å²) >= 11 is 17.7. The summed E-state index contributed by atoms with van der Waals surface area (Å²) in [7, 11) is 0. The first-order chi connectivity index (χ1) is 10.5. The van der Waals surface area contributed by atoms with Crippen molar-refractivity contribution in [3.05, 3.63) is 26.7 Å². The van der Waals surface area contributed by atoms with Gasteiger partial charge in [0.2, 0.25) is 0 Å². The van der Waals surface area contributed by atoms with Crippen LogP contribution in [0.15, 0.2) is 6.07 Å². The zero-order valence-electron chi connectivity index (χ0n) is 12.2. The lowest BCUT2D eigenvalue weighted by molar-refractivity contribution is 0.0948. The first kappa shape index (κ1) is 17.7. The average Bonchev–Trinajstić information content (AvgIpc) is 2.51. The molecule has 1 amide bonds. The van der Waals surface area contributed by atoms with Gasteiger partial charge in [0.1, 0.15) is 11.3 Å². The summed E-state index contributed by atoms with van der Waals surface area (Å²) in [5, 5.41) is 12.8. The highest BCUT2D eigenvalue weighted by Gasteiger charge is 2.21. The number of carbonyl (C=O) groups is 1. The maximum atomic E-state index is 12.2. The molecule has 0 radical (unpaired) electrons. The number of rotatable bonds is 5. The van der Waals surface area contributed by atoms with Crippen LogP contribution in [-0.2, 0) is 0 Å². The van der Waals surface area contributed by atoms with Gasteiger partial charge in [0, 0.05) is 6.54 Å². The zero-order valence-corrected chi connectivity index (χ0v) is 14.4. The molecular weight excluding hydrogens is 347 g/mol. The van der Waals surface area contributed by atoms with Gasteiger partial charge in [-0.1, -0.05) is 41.2 Å². The molecule has 2 rings (SSSR count). The third-order valence-corrected chi connectivity index (χ3v) is 4.83. The number of nitrogens with one attached hydrogen (secondary N) is 1. The molecule has 1 aromatic rings. The first-order valence-electron chi connectivity index (χ1n) is 7.37. The van der Waals surface area contributed by atoms with Crippen molar-refractivity contribution in [2.45, 2.75) is 25.7 Å². The van der Waals surface area contributed by atoms with Crippen LogP contribution in [0.1, 0.15) is 36.0 Å². The van der Waals surface area contributed by atoms with E-state index < -0.39 is 5.91 Å². The minimum absolute atomic E-state index is 0.00728. The van der Waals surface area contributed by atoms with Crippen LogP contribution >= 0.6 is 34.8 Å². The molecule has 0 aliphatic carbocycles. The quantitative estimate of drug-likeness (QED) is 0.613. The zero-order chi connectivity index (χ0) is 16.1. The normalized spacial score (nSPS) is 15.8. The number of benzene rings is 1. The number of phenols is 1. The van der Waals surface area contributed by atoms with Crippen LogP contribution in [0, 0.1) is 0 Å². The lowest BCUT2D eigenvalue weighted by Gasteiger charge is -2.26. The predicted molar refractivity (Wildman–Crippen MR) is 90.4 cm³/mol. The molecule has 0 saturated carbocycles. The molecule has 1 aromatic carbocycles. The number of carbonyl (C=O) groups excluding carboxylic acids is 1.